The molecule has 2 aromatic carbocycles. The molecule has 1 aliphatic rings. The maximum absolute atomic E-state index is 13.0. The summed E-state index contributed by atoms with van der Waals surface area (Å²) in [5.41, 5.74) is 3.79. The minimum Gasteiger partial charge on any atom is -0.420 e. The molecule has 4 rings (SSSR count). The molecule has 0 aliphatic carbocycles. The minimum atomic E-state index is -0.599. The van der Waals surface area contributed by atoms with Gasteiger partial charge in [-0.2, -0.15) is 0 Å². The molecule has 0 saturated heterocycles. The number of rotatable bonds is 6. The van der Waals surface area contributed by atoms with Crippen molar-refractivity contribution in [2.75, 3.05) is 5.32 Å². The van der Waals surface area contributed by atoms with E-state index in [-0.39, 0.29) is 35.6 Å². The van der Waals surface area contributed by atoms with E-state index < -0.39 is 5.91 Å². The Labute approximate surface area is 189 Å². The van der Waals surface area contributed by atoms with Gasteiger partial charge in [0.2, 0.25) is 11.8 Å². The van der Waals surface area contributed by atoms with Crippen LogP contribution in [0.15, 0.2) is 65.7 Å². The van der Waals surface area contributed by atoms with E-state index in [2.05, 4.69) is 34.0 Å². The fourth-order valence-corrected chi connectivity index (χ4v) is 3.56. The van der Waals surface area contributed by atoms with Crippen molar-refractivity contribution in [1.29, 1.82) is 0 Å². The number of hydrogen-bond donors (Lipinski definition) is 2. The van der Waals surface area contributed by atoms with Gasteiger partial charge in [0.15, 0.2) is 0 Å². The van der Waals surface area contributed by atoms with Gasteiger partial charge in [0.25, 0.3) is 17.7 Å². The van der Waals surface area contributed by atoms with E-state index in [1.165, 1.54) is 11.8 Å². The van der Waals surface area contributed by atoms with E-state index in [1.807, 2.05) is 18.2 Å². The van der Waals surface area contributed by atoms with Crippen molar-refractivity contribution in [3.05, 3.63) is 84.2 Å². The van der Waals surface area contributed by atoms with Crippen LogP contribution in [-0.2, 0) is 16.1 Å². The first kappa shape index (κ1) is 21.7. The van der Waals surface area contributed by atoms with E-state index in [4.69, 9.17) is 4.42 Å². The van der Waals surface area contributed by atoms with Gasteiger partial charge in [0, 0.05) is 25.1 Å². The predicted molar refractivity (Wildman–Crippen MR) is 121 cm³/mol. The summed E-state index contributed by atoms with van der Waals surface area (Å²) in [6.45, 7) is 10.8. The van der Waals surface area contributed by atoms with Gasteiger partial charge in [0.05, 0.1) is 12.2 Å². The first-order valence-electron chi connectivity index (χ1n) is 10.1. The molecule has 0 fully saturated rings. The number of fused-ring (bicyclic) bond motifs is 1. The van der Waals surface area contributed by atoms with Crippen molar-refractivity contribution < 1.29 is 18.8 Å². The van der Waals surface area contributed by atoms with E-state index in [0.29, 0.717) is 17.1 Å². The summed E-state index contributed by atoms with van der Waals surface area (Å²) in [4.78, 5) is 38.3. The largest absolute Gasteiger partial charge is 0.420 e. The third-order valence-electron chi connectivity index (χ3n) is 5.12. The zero-order valence-electron chi connectivity index (χ0n) is 18.1. The topological polar surface area (TPSA) is 117 Å². The highest BCUT2D eigenvalue weighted by Gasteiger charge is 2.33. The molecule has 0 radical (unpaired) electrons. The fourth-order valence-electron chi connectivity index (χ4n) is 3.56. The third kappa shape index (κ3) is 4.29. The third-order valence-corrected chi connectivity index (χ3v) is 5.12. The molecule has 33 heavy (non-hydrogen) atoms. The average Bonchev–Trinajstić information content (AvgIpc) is 3.37. The number of carbonyl (C=O) groups is 3. The lowest BCUT2D eigenvalue weighted by atomic mass is 9.97. The quantitative estimate of drug-likeness (QED) is 0.565. The van der Waals surface area contributed by atoms with Gasteiger partial charge in [-0.15, -0.1) is 10.2 Å². The standard InChI is InChI=1S/C24H21N5O4/c1-13(23-28-27-16(4)33-23)25-22(31)14(2)29-12-21-19(6-5-7-20(21)24(29)32)17-8-10-18(11-9-17)26-15(3)30/h5-11H,1-2,12H2,3-4H3,(H,25,31)(H,26,30). The SMILES string of the molecule is C=C(NC(=O)C(=C)N1Cc2c(cccc2-c2ccc(NC(C)=O)cc2)C1=O)c1nnc(C)o1. The molecule has 0 unspecified atom stereocenters. The number of nitrogens with one attached hydrogen (secondary N) is 2. The van der Waals surface area contributed by atoms with Crippen LogP contribution >= 0.6 is 0 Å². The summed E-state index contributed by atoms with van der Waals surface area (Å²) in [5, 5.41) is 12.8. The molecule has 0 saturated carbocycles. The first-order chi connectivity index (χ1) is 15.7. The van der Waals surface area contributed by atoms with E-state index in [0.717, 1.165) is 16.7 Å². The number of aryl methyl sites for hydroxylation is 1. The zero-order valence-corrected chi connectivity index (χ0v) is 18.1. The highest BCUT2D eigenvalue weighted by atomic mass is 16.4. The Hall–Kier alpha value is -4.53. The number of hydrogen-bond acceptors (Lipinski definition) is 6. The molecule has 0 spiro atoms. The number of carbonyl (C=O) groups excluding carboxylic acids is 3. The summed E-state index contributed by atoms with van der Waals surface area (Å²) >= 11 is 0. The minimum absolute atomic E-state index is 0.0273. The fraction of sp³-hybridized carbons (Fsp3) is 0.125. The van der Waals surface area contributed by atoms with Crippen LogP contribution in [0.4, 0.5) is 5.69 Å². The van der Waals surface area contributed by atoms with Crippen molar-refractivity contribution in [3.8, 4) is 11.1 Å². The number of aromatic nitrogens is 2. The van der Waals surface area contributed by atoms with Gasteiger partial charge < -0.3 is 15.1 Å². The molecule has 9 heteroatoms. The molecular weight excluding hydrogens is 422 g/mol. The lowest BCUT2D eigenvalue weighted by molar-refractivity contribution is -0.117. The van der Waals surface area contributed by atoms with Gasteiger partial charge in [-0.1, -0.05) is 37.4 Å². The second-order valence-electron chi connectivity index (χ2n) is 7.49. The monoisotopic (exact) mass is 443 g/mol. The maximum Gasteiger partial charge on any atom is 0.271 e. The van der Waals surface area contributed by atoms with Crippen molar-refractivity contribution in [1.82, 2.24) is 20.4 Å². The van der Waals surface area contributed by atoms with E-state index in [9.17, 15) is 14.4 Å². The molecule has 0 atom stereocenters. The summed E-state index contributed by atoms with van der Waals surface area (Å²) in [6, 6.07) is 12.7. The normalized spacial score (nSPS) is 12.3. The van der Waals surface area contributed by atoms with Crippen LogP contribution in [0.5, 0.6) is 0 Å². The molecule has 3 aromatic rings. The van der Waals surface area contributed by atoms with Gasteiger partial charge >= 0.3 is 0 Å². The summed E-state index contributed by atoms with van der Waals surface area (Å²) in [7, 11) is 0. The van der Waals surface area contributed by atoms with Crippen molar-refractivity contribution in [2.24, 2.45) is 0 Å². The van der Waals surface area contributed by atoms with Crippen molar-refractivity contribution in [2.45, 2.75) is 20.4 Å². The van der Waals surface area contributed by atoms with Crippen LogP contribution in [0, 0.1) is 6.92 Å². The Morgan fingerprint density at radius 1 is 1.06 bits per heavy atom. The smallest absolute Gasteiger partial charge is 0.271 e. The first-order valence-corrected chi connectivity index (χ1v) is 10.1. The molecule has 2 N–H and O–H groups in total. The molecule has 2 heterocycles. The van der Waals surface area contributed by atoms with E-state index in [1.54, 1.807) is 31.2 Å². The van der Waals surface area contributed by atoms with Crippen LogP contribution in [0.25, 0.3) is 16.8 Å². The lowest BCUT2D eigenvalue weighted by Crippen LogP contribution is -2.34. The summed E-state index contributed by atoms with van der Waals surface area (Å²) in [5.74, 6) is -0.658. The Balaban J connectivity index is 1.53. The number of nitrogens with zero attached hydrogens (tertiary/aromatic N) is 3. The Morgan fingerprint density at radius 2 is 1.76 bits per heavy atom. The molecule has 166 valence electrons. The Kier molecular flexibility index (Phi) is 5.61. The molecule has 1 aromatic heterocycles. The molecular formula is C24H21N5O4. The van der Waals surface area contributed by atoms with Gasteiger partial charge in [-0.05, 0) is 34.9 Å². The second kappa shape index (κ2) is 8.54. The van der Waals surface area contributed by atoms with Gasteiger partial charge in [-0.3, -0.25) is 19.3 Å². The Morgan fingerprint density at radius 3 is 2.39 bits per heavy atom. The van der Waals surface area contributed by atoms with Crippen molar-refractivity contribution in [3.63, 3.8) is 0 Å². The van der Waals surface area contributed by atoms with Crippen LogP contribution in [0.1, 0.15) is 34.6 Å². The zero-order chi connectivity index (χ0) is 23.7. The van der Waals surface area contributed by atoms with Crippen LogP contribution < -0.4 is 10.6 Å². The van der Waals surface area contributed by atoms with E-state index >= 15 is 0 Å². The van der Waals surface area contributed by atoms with Gasteiger partial charge in [-0.25, -0.2) is 0 Å². The maximum atomic E-state index is 13.0. The number of amides is 3. The lowest BCUT2D eigenvalue weighted by Gasteiger charge is -2.18. The predicted octanol–water partition coefficient (Wildman–Crippen LogP) is 3.26. The summed E-state index contributed by atoms with van der Waals surface area (Å²) < 4.78 is 5.25. The highest BCUT2D eigenvalue weighted by Crippen LogP contribution is 2.34. The highest BCUT2D eigenvalue weighted by molar-refractivity contribution is 6.07. The molecule has 9 nitrogen and oxygen atoms in total. The molecule has 0 bridgehead atoms. The van der Waals surface area contributed by atoms with Crippen LogP contribution in [-0.4, -0.2) is 32.8 Å². The van der Waals surface area contributed by atoms with Crippen molar-refractivity contribution >= 4 is 29.1 Å². The number of benzene rings is 2. The van der Waals surface area contributed by atoms with Crippen LogP contribution in [0.3, 0.4) is 0 Å². The summed E-state index contributed by atoms with van der Waals surface area (Å²) in [6.07, 6.45) is 0. The number of anilines is 1. The average molecular weight is 443 g/mol. The molecule has 1 aliphatic heterocycles. The van der Waals surface area contributed by atoms with Gasteiger partial charge in [0.1, 0.15) is 5.70 Å². The van der Waals surface area contributed by atoms with Crippen LogP contribution in [0.2, 0.25) is 0 Å². The second-order valence-corrected chi connectivity index (χ2v) is 7.49. The molecule has 3 amide bonds. The Bertz CT molecular complexity index is 1310.